The van der Waals surface area contributed by atoms with Gasteiger partial charge in [-0.2, -0.15) is 0 Å². The van der Waals surface area contributed by atoms with Gasteiger partial charge >= 0.3 is 6.03 Å². The number of nitrogens with one attached hydrogen (secondary N) is 2. The summed E-state index contributed by atoms with van der Waals surface area (Å²) >= 11 is 0. The van der Waals surface area contributed by atoms with Crippen molar-refractivity contribution >= 4 is 17.8 Å². The van der Waals surface area contributed by atoms with E-state index in [0.717, 1.165) is 23.4 Å². The zero-order valence-electron chi connectivity index (χ0n) is 25.7. The van der Waals surface area contributed by atoms with E-state index in [9.17, 15) is 14.4 Å². The van der Waals surface area contributed by atoms with Crippen molar-refractivity contribution in [1.29, 1.82) is 0 Å². The molecule has 3 aliphatic rings. The SMILES string of the molecule is C.C#CC#CC#CC.CC1NC(=O)N(C)C2=C1C(=O)N(C)C(C)(C)C2.CNC1=C(C(C)C)C(=O)N(C)C(C)(C)C1. The van der Waals surface area contributed by atoms with Crippen LogP contribution in [-0.2, 0) is 9.59 Å². The minimum atomic E-state index is -0.248. The molecule has 0 fully saturated rings. The molecule has 0 radical (unpaired) electrons. The molecule has 3 heterocycles. The molecule has 2 N–H and O–H groups in total. The van der Waals surface area contributed by atoms with E-state index in [-0.39, 0.29) is 48.3 Å². The smallest absolute Gasteiger partial charge is 0.321 e. The van der Waals surface area contributed by atoms with Crippen LogP contribution in [-0.4, -0.2) is 77.9 Å². The van der Waals surface area contributed by atoms with Crippen LogP contribution in [0.15, 0.2) is 22.5 Å². The van der Waals surface area contributed by atoms with Gasteiger partial charge in [0.2, 0.25) is 0 Å². The monoisotopic (exact) mass is 551 g/mol. The van der Waals surface area contributed by atoms with Crippen LogP contribution in [0.1, 0.15) is 75.7 Å². The van der Waals surface area contributed by atoms with Crippen LogP contribution in [0.4, 0.5) is 4.79 Å². The zero-order valence-corrected chi connectivity index (χ0v) is 25.7. The number of nitrogens with zero attached hydrogens (tertiary/aromatic N) is 3. The summed E-state index contributed by atoms with van der Waals surface area (Å²) in [6.45, 7) is 15.9. The molecule has 0 spiro atoms. The molecule has 0 aromatic rings. The maximum atomic E-state index is 12.3. The molecule has 1 unspecified atom stereocenters. The molecule has 3 aliphatic heterocycles. The molecule has 220 valence electrons. The highest BCUT2D eigenvalue weighted by Crippen LogP contribution is 2.36. The van der Waals surface area contributed by atoms with E-state index < -0.39 is 0 Å². The van der Waals surface area contributed by atoms with Gasteiger partial charge in [-0.15, -0.1) is 6.42 Å². The number of likely N-dealkylation sites (N-methyl/N-ethyl adjacent to an activating group) is 2. The summed E-state index contributed by atoms with van der Waals surface area (Å²) in [6.07, 6.45) is 6.39. The molecule has 0 bridgehead atoms. The molecule has 3 rings (SSSR count). The lowest BCUT2D eigenvalue weighted by molar-refractivity contribution is -0.133. The lowest BCUT2D eigenvalue weighted by Crippen LogP contribution is -2.58. The highest BCUT2D eigenvalue weighted by atomic mass is 16.2. The molecule has 8 heteroatoms. The van der Waals surface area contributed by atoms with Gasteiger partial charge in [0, 0.05) is 69.1 Å². The van der Waals surface area contributed by atoms with E-state index in [4.69, 9.17) is 6.42 Å². The Hall–Kier alpha value is -3.83. The normalized spacial score (nSPS) is 20.6. The first-order valence-corrected chi connectivity index (χ1v) is 13.1. The van der Waals surface area contributed by atoms with Crippen molar-refractivity contribution in [3.05, 3.63) is 22.5 Å². The fourth-order valence-corrected chi connectivity index (χ4v) is 4.59. The number of urea groups is 1. The van der Waals surface area contributed by atoms with Crippen molar-refractivity contribution < 1.29 is 14.4 Å². The third-order valence-corrected chi connectivity index (χ3v) is 7.42. The predicted molar refractivity (Wildman–Crippen MR) is 163 cm³/mol. The highest BCUT2D eigenvalue weighted by molar-refractivity contribution is 5.99. The maximum absolute atomic E-state index is 12.3. The van der Waals surface area contributed by atoms with Gasteiger partial charge in [-0.25, -0.2) is 4.79 Å². The topological polar surface area (TPSA) is 85.0 Å². The number of hydrogen-bond acceptors (Lipinski definition) is 4. The summed E-state index contributed by atoms with van der Waals surface area (Å²) < 4.78 is 0. The summed E-state index contributed by atoms with van der Waals surface area (Å²) in [6, 6.07) is -0.343. The quantitative estimate of drug-likeness (QED) is 0.509. The van der Waals surface area contributed by atoms with Crippen molar-refractivity contribution in [3.63, 3.8) is 0 Å². The molecule has 0 aromatic carbocycles. The van der Waals surface area contributed by atoms with Crippen LogP contribution in [0.25, 0.3) is 0 Å². The van der Waals surface area contributed by atoms with Crippen molar-refractivity contribution in [2.45, 2.75) is 92.8 Å². The molecule has 4 amide bonds. The third kappa shape index (κ3) is 8.09. The molecule has 0 saturated carbocycles. The Morgan fingerprint density at radius 1 is 0.950 bits per heavy atom. The van der Waals surface area contributed by atoms with Gasteiger partial charge in [0.1, 0.15) is 0 Å². The zero-order chi connectivity index (χ0) is 30.3. The van der Waals surface area contributed by atoms with E-state index in [1.807, 2.05) is 46.8 Å². The Morgan fingerprint density at radius 3 is 1.95 bits per heavy atom. The van der Waals surface area contributed by atoms with E-state index in [1.165, 1.54) is 0 Å². The Labute approximate surface area is 243 Å². The molecule has 0 saturated heterocycles. The summed E-state index contributed by atoms with van der Waals surface area (Å²) in [5.74, 6) is 12.5. The molecular weight excluding hydrogens is 502 g/mol. The van der Waals surface area contributed by atoms with E-state index in [0.29, 0.717) is 12.0 Å². The average molecular weight is 552 g/mol. The minimum Gasteiger partial charge on any atom is -0.391 e. The molecule has 8 nitrogen and oxygen atoms in total. The standard InChI is InChI=1S/C12H19N3O2.C12H22N2O.C7H4.CH4/c1-7-9-8(14(4)11(17)13-7)6-12(2,3)15(5)10(9)16;1-8(2)10-9(13-5)7-12(3,4)14(6)11(10)15;1-3-5-7-6-4-2;/h7H,6H2,1-5H3,(H,13,17);8,13H,7H2,1-6H3;1H,2H3;1H4. The fraction of sp³-hybridized carbons (Fsp3) is 0.594. The summed E-state index contributed by atoms with van der Waals surface area (Å²) in [5, 5.41) is 5.96. The van der Waals surface area contributed by atoms with E-state index >= 15 is 0 Å². The summed E-state index contributed by atoms with van der Waals surface area (Å²) in [5.41, 5.74) is 3.26. The summed E-state index contributed by atoms with van der Waals surface area (Å²) in [7, 11) is 7.31. The van der Waals surface area contributed by atoms with Crippen LogP contribution < -0.4 is 10.6 Å². The maximum Gasteiger partial charge on any atom is 0.321 e. The van der Waals surface area contributed by atoms with Gasteiger partial charge in [0.15, 0.2) is 0 Å². The van der Waals surface area contributed by atoms with E-state index in [2.05, 4.69) is 67.9 Å². The Morgan fingerprint density at radius 2 is 1.48 bits per heavy atom. The van der Waals surface area contributed by atoms with Crippen LogP contribution in [0, 0.1) is 41.9 Å². The van der Waals surface area contributed by atoms with Crippen LogP contribution in [0.5, 0.6) is 0 Å². The second-order valence-electron chi connectivity index (χ2n) is 11.4. The minimum absolute atomic E-state index is 0. The van der Waals surface area contributed by atoms with Crippen molar-refractivity contribution in [3.8, 4) is 36.0 Å². The second-order valence-corrected chi connectivity index (χ2v) is 11.4. The van der Waals surface area contributed by atoms with Gasteiger partial charge in [0.05, 0.1) is 11.6 Å². The van der Waals surface area contributed by atoms with Crippen molar-refractivity contribution in [2.24, 2.45) is 5.92 Å². The molecule has 0 aliphatic carbocycles. The molecule has 1 atom stereocenters. The fourth-order valence-electron chi connectivity index (χ4n) is 4.59. The number of terminal acetylenes is 1. The molecular formula is C32H49N5O3. The van der Waals surface area contributed by atoms with Gasteiger partial charge < -0.3 is 25.3 Å². The highest BCUT2D eigenvalue weighted by Gasteiger charge is 2.43. The van der Waals surface area contributed by atoms with Crippen molar-refractivity contribution in [2.75, 3.05) is 28.2 Å². The van der Waals surface area contributed by atoms with Crippen LogP contribution >= 0.6 is 0 Å². The second kappa shape index (κ2) is 14.5. The average Bonchev–Trinajstić information content (AvgIpc) is 2.84. The lowest BCUT2D eigenvalue weighted by atomic mass is 9.85. The van der Waals surface area contributed by atoms with Crippen LogP contribution in [0.2, 0.25) is 0 Å². The largest absolute Gasteiger partial charge is 0.391 e. The number of amides is 4. The number of carbonyl (C=O) groups is 3. The third-order valence-electron chi connectivity index (χ3n) is 7.42. The van der Waals surface area contributed by atoms with Gasteiger partial charge in [-0.1, -0.05) is 27.2 Å². The number of rotatable bonds is 2. The van der Waals surface area contributed by atoms with Gasteiger partial charge in [-0.3, -0.25) is 9.59 Å². The first-order valence-electron chi connectivity index (χ1n) is 13.1. The Bertz CT molecular complexity index is 1210. The predicted octanol–water partition coefficient (Wildman–Crippen LogP) is 3.96. The van der Waals surface area contributed by atoms with E-state index in [1.54, 1.807) is 23.8 Å². The number of hydrogen-bond donors (Lipinski definition) is 2. The lowest BCUT2D eigenvalue weighted by Gasteiger charge is -2.46. The van der Waals surface area contributed by atoms with Crippen molar-refractivity contribution in [1.82, 2.24) is 25.3 Å². The first kappa shape index (κ1) is 36.2. The molecule has 40 heavy (non-hydrogen) atoms. The van der Waals surface area contributed by atoms with Gasteiger partial charge in [-0.05, 0) is 71.1 Å². The van der Waals surface area contributed by atoms with Crippen LogP contribution in [0.3, 0.4) is 0 Å². The summed E-state index contributed by atoms with van der Waals surface area (Å²) in [4.78, 5) is 41.4. The first-order chi connectivity index (χ1) is 18.0. The molecule has 0 aromatic heterocycles. The Balaban J connectivity index is 0.000000610. The number of carbonyl (C=O) groups excluding carboxylic acids is 3. The Kier molecular flexibility index (Phi) is 13.1. The van der Waals surface area contributed by atoms with Gasteiger partial charge in [0.25, 0.3) is 11.8 Å².